The second kappa shape index (κ2) is 5.01. The summed E-state index contributed by atoms with van der Waals surface area (Å²) in [5.74, 6) is -4.02. The molecule has 0 aliphatic carbocycles. The second-order valence-corrected chi connectivity index (χ2v) is 4.46. The lowest BCUT2D eigenvalue weighted by molar-refractivity contribution is 0.438. The van der Waals surface area contributed by atoms with Crippen molar-refractivity contribution >= 4 is 0 Å². The van der Waals surface area contributed by atoms with Crippen molar-refractivity contribution in [2.75, 3.05) is 0 Å². The van der Waals surface area contributed by atoms with Gasteiger partial charge in [0.05, 0.1) is 11.7 Å². The lowest BCUT2D eigenvalue weighted by Gasteiger charge is -2.15. The quantitative estimate of drug-likeness (QED) is 0.848. The molecule has 0 aliphatic rings. The van der Waals surface area contributed by atoms with E-state index in [0.717, 1.165) is 23.3 Å². The first-order chi connectivity index (χ1) is 8.91. The first kappa shape index (κ1) is 13.5. The van der Waals surface area contributed by atoms with E-state index >= 15 is 0 Å². The van der Waals surface area contributed by atoms with Crippen molar-refractivity contribution in [3.05, 3.63) is 64.2 Å². The third kappa shape index (κ3) is 2.46. The number of benzene rings is 1. The Bertz CT molecular complexity index is 626. The van der Waals surface area contributed by atoms with Gasteiger partial charge >= 0.3 is 0 Å². The average molecular weight is 266 g/mol. The number of aromatic nitrogens is 1. The molecule has 1 aromatic carbocycles. The average Bonchev–Trinajstić information content (AvgIpc) is 2.35. The van der Waals surface area contributed by atoms with E-state index in [2.05, 4.69) is 4.98 Å². The number of nitrogens with zero attached hydrogens (tertiary/aromatic N) is 1. The number of pyridine rings is 1. The molecule has 0 aliphatic heterocycles. The van der Waals surface area contributed by atoms with Gasteiger partial charge in [-0.1, -0.05) is 12.1 Å². The molecule has 0 fully saturated rings. The van der Waals surface area contributed by atoms with E-state index in [9.17, 15) is 13.2 Å². The maximum Gasteiger partial charge on any atom is 0.194 e. The van der Waals surface area contributed by atoms with E-state index in [1.807, 2.05) is 13.0 Å². The number of rotatable bonds is 2. The molecule has 1 aromatic heterocycles. The van der Waals surface area contributed by atoms with Gasteiger partial charge in [-0.2, -0.15) is 0 Å². The molecule has 1 atom stereocenters. The molecule has 0 radical (unpaired) electrons. The smallest absolute Gasteiger partial charge is 0.194 e. The Morgan fingerprint density at radius 2 is 1.79 bits per heavy atom. The van der Waals surface area contributed by atoms with Crippen molar-refractivity contribution in [1.82, 2.24) is 4.98 Å². The van der Waals surface area contributed by atoms with Crippen LogP contribution < -0.4 is 5.73 Å². The molecule has 2 nitrogen and oxygen atoms in total. The molecule has 0 spiro atoms. The summed E-state index contributed by atoms with van der Waals surface area (Å²) >= 11 is 0. The molecule has 5 heteroatoms. The molecular weight excluding hydrogens is 253 g/mol. The van der Waals surface area contributed by atoms with Crippen LogP contribution >= 0.6 is 0 Å². The normalized spacial score (nSPS) is 12.5. The Hall–Kier alpha value is -1.88. The molecule has 2 aromatic rings. The van der Waals surface area contributed by atoms with Crippen LogP contribution in [-0.4, -0.2) is 4.98 Å². The van der Waals surface area contributed by atoms with E-state index < -0.39 is 23.5 Å². The Balaban J connectivity index is 2.50. The Kier molecular flexibility index (Phi) is 3.57. The second-order valence-electron chi connectivity index (χ2n) is 4.46. The van der Waals surface area contributed by atoms with Crippen molar-refractivity contribution in [3.63, 3.8) is 0 Å². The third-order valence-electron chi connectivity index (χ3n) is 2.95. The minimum absolute atomic E-state index is 0.113. The van der Waals surface area contributed by atoms with Crippen LogP contribution in [0.4, 0.5) is 13.2 Å². The summed E-state index contributed by atoms with van der Waals surface area (Å²) in [6.45, 7) is 3.65. The van der Waals surface area contributed by atoms with Crippen LogP contribution in [0.15, 0.2) is 24.4 Å². The lowest BCUT2D eigenvalue weighted by atomic mass is 9.99. The zero-order valence-electron chi connectivity index (χ0n) is 10.5. The van der Waals surface area contributed by atoms with E-state index in [0.29, 0.717) is 5.69 Å². The van der Waals surface area contributed by atoms with Crippen LogP contribution in [0, 0.1) is 31.3 Å². The summed E-state index contributed by atoms with van der Waals surface area (Å²) in [7, 11) is 0. The Labute approximate surface area is 109 Å². The van der Waals surface area contributed by atoms with Gasteiger partial charge in [0.15, 0.2) is 17.5 Å². The molecule has 100 valence electrons. The molecule has 0 saturated heterocycles. The van der Waals surface area contributed by atoms with E-state index in [-0.39, 0.29) is 5.56 Å². The fourth-order valence-electron chi connectivity index (χ4n) is 1.98. The number of nitrogens with two attached hydrogens (primary N) is 1. The minimum Gasteiger partial charge on any atom is -0.319 e. The summed E-state index contributed by atoms with van der Waals surface area (Å²) in [6, 6.07) is 2.91. The summed E-state index contributed by atoms with van der Waals surface area (Å²) in [5.41, 5.74) is 7.94. The SMILES string of the molecule is Cc1cnc(C(N)c2ccc(F)c(F)c2F)c(C)c1. The predicted octanol–water partition coefficient (Wildman–Crippen LogP) is 3.16. The van der Waals surface area contributed by atoms with Crippen LogP contribution in [0.2, 0.25) is 0 Å². The van der Waals surface area contributed by atoms with Gasteiger partial charge in [0.2, 0.25) is 0 Å². The summed E-state index contributed by atoms with van der Waals surface area (Å²) in [6.07, 6.45) is 1.60. The molecule has 19 heavy (non-hydrogen) atoms. The van der Waals surface area contributed by atoms with Gasteiger partial charge in [0, 0.05) is 11.8 Å². The summed E-state index contributed by atoms with van der Waals surface area (Å²) < 4.78 is 39.8. The van der Waals surface area contributed by atoms with Gasteiger partial charge in [-0.3, -0.25) is 4.98 Å². The van der Waals surface area contributed by atoms with Crippen LogP contribution in [0.1, 0.15) is 28.4 Å². The molecule has 2 N–H and O–H groups in total. The summed E-state index contributed by atoms with van der Waals surface area (Å²) in [5, 5.41) is 0. The fraction of sp³-hybridized carbons (Fsp3) is 0.214. The number of hydrogen-bond donors (Lipinski definition) is 1. The zero-order valence-corrected chi connectivity index (χ0v) is 10.5. The molecule has 0 amide bonds. The number of halogens is 3. The van der Waals surface area contributed by atoms with Crippen molar-refractivity contribution in [2.24, 2.45) is 5.73 Å². The summed E-state index contributed by atoms with van der Waals surface area (Å²) in [4.78, 5) is 4.14. The zero-order chi connectivity index (χ0) is 14.2. The van der Waals surface area contributed by atoms with Gasteiger partial charge in [-0.25, -0.2) is 13.2 Å². The van der Waals surface area contributed by atoms with Crippen molar-refractivity contribution in [2.45, 2.75) is 19.9 Å². The number of hydrogen-bond acceptors (Lipinski definition) is 2. The highest BCUT2D eigenvalue weighted by Gasteiger charge is 2.21. The van der Waals surface area contributed by atoms with Crippen LogP contribution in [0.5, 0.6) is 0 Å². The minimum atomic E-state index is -1.52. The molecule has 1 heterocycles. The van der Waals surface area contributed by atoms with Crippen LogP contribution in [-0.2, 0) is 0 Å². The maximum atomic E-state index is 13.7. The lowest BCUT2D eigenvalue weighted by Crippen LogP contribution is -2.17. The topological polar surface area (TPSA) is 38.9 Å². The first-order valence-electron chi connectivity index (χ1n) is 5.74. The third-order valence-corrected chi connectivity index (χ3v) is 2.95. The van der Waals surface area contributed by atoms with Crippen molar-refractivity contribution in [3.8, 4) is 0 Å². The first-order valence-corrected chi connectivity index (χ1v) is 5.74. The molecule has 0 saturated carbocycles. The standard InChI is InChI=1S/C14H13F3N2/c1-7-5-8(2)14(19-6-7)13(18)9-3-4-10(15)12(17)11(9)16/h3-6,13H,18H2,1-2H3. The molecule has 0 bridgehead atoms. The van der Waals surface area contributed by atoms with E-state index in [1.54, 1.807) is 13.1 Å². The highest BCUT2D eigenvalue weighted by atomic mass is 19.2. The number of aryl methyl sites for hydroxylation is 2. The van der Waals surface area contributed by atoms with E-state index in [1.165, 1.54) is 0 Å². The Morgan fingerprint density at radius 3 is 2.42 bits per heavy atom. The van der Waals surface area contributed by atoms with Gasteiger partial charge in [-0.15, -0.1) is 0 Å². The van der Waals surface area contributed by atoms with Gasteiger partial charge in [0.25, 0.3) is 0 Å². The highest BCUT2D eigenvalue weighted by Crippen LogP contribution is 2.25. The van der Waals surface area contributed by atoms with Gasteiger partial charge in [0.1, 0.15) is 0 Å². The van der Waals surface area contributed by atoms with Crippen molar-refractivity contribution in [1.29, 1.82) is 0 Å². The monoisotopic (exact) mass is 266 g/mol. The van der Waals surface area contributed by atoms with Crippen LogP contribution in [0.3, 0.4) is 0 Å². The maximum absolute atomic E-state index is 13.7. The largest absolute Gasteiger partial charge is 0.319 e. The van der Waals surface area contributed by atoms with Crippen LogP contribution in [0.25, 0.3) is 0 Å². The molecule has 1 unspecified atom stereocenters. The molecule has 2 rings (SSSR count). The van der Waals surface area contributed by atoms with E-state index in [4.69, 9.17) is 5.73 Å². The predicted molar refractivity (Wildman–Crippen MR) is 66.1 cm³/mol. The highest BCUT2D eigenvalue weighted by molar-refractivity contribution is 5.34. The fourth-order valence-corrected chi connectivity index (χ4v) is 1.98. The molecular formula is C14H13F3N2. The van der Waals surface area contributed by atoms with Gasteiger partial charge < -0.3 is 5.73 Å². The Morgan fingerprint density at radius 1 is 1.11 bits per heavy atom. The van der Waals surface area contributed by atoms with Gasteiger partial charge in [-0.05, 0) is 31.0 Å². The van der Waals surface area contributed by atoms with Crippen molar-refractivity contribution < 1.29 is 13.2 Å².